The van der Waals surface area contributed by atoms with Crippen LogP contribution in [0, 0.1) is 10.1 Å². The van der Waals surface area contributed by atoms with Crippen LogP contribution in [0.2, 0.25) is 0 Å². The summed E-state index contributed by atoms with van der Waals surface area (Å²) in [7, 11) is 0. The van der Waals surface area contributed by atoms with Crippen LogP contribution in [-0.2, 0) is 13.0 Å². The van der Waals surface area contributed by atoms with E-state index in [2.05, 4.69) is 22.3 Å². The highest BCUT2D eigenvalue weighted by Crippen LogP contribution is 2.18. The molecule has 0 saturated carbocycles. The number of halogens is 3. The fourth-order valence-corrected chi connectivity index (χ4v) is 2.71. The van der Waals surface area contributed by atoms with E-state index in [1.807, 2.05) is 6.92 Å². The Hall–Kier alpha value is -2.14. The van der Waals surface area contributed by atoms with Crippen molar-refractivity contribution < 1.29 is 18.1 Å². The molecule has 0 radical (unpaired) electrons. The zero-order chi connectivity index (χ0) is 17.9. The summed E-state index contributed by atoms with van der Waals surface area (Å²) >= 11 is 5.31. The molecule has 0 bridgehead atoms. The molecular formula is C13H11F3N4O2S2. The average Bonchev–Trinajstić information content (AvgIpc) is 2.89. The number of aryl methyl sites for hydroxylation is 1. The van der Waals surface area contributed by atoms with Gasteiger partial charge in [-0.3, -0.25) is 10.1 Å². The van der Waals surface area contributed by atoms with Crippen molar-refractivity contribution in [2.24, 2.45) is 4.99 Å². The van der Waals surface area contributed by atoms with E-state index in [9.17, 15) is 23.3 Å². The van der Waals surface area contributed by atoms with Crippen molar-refractivity contribution in [3.8, 4) is 0 Å². The van der Waals surface area contributed by atoms with E-state index in [1.165, 1.54) is 28.9 Å². The number of hydrogen-bond acceptors (Lipinski definition) is 5. The molecule has 2 aromatic rings. The van der Waals surface area contributed by atoms with Crippen molar-refractivity contribution in [2.75, 3.05) is 0 Å². The minimum absolute atomic E-state index is 0.0347. The second-order valence-electron chi connectivity index (χ2n) is 4.63. The van der Waals surface area contributed by atoms with Crippen molar-refractivity contribution in [3.63, 3.8) is 0 Å². The van der Waals surface area contributed by atoms with Crippen molar-refractivity contribution in [3.05, 3.63) is 49.8 Å². The van der Waals surface area contributed by atoms with Gasteiger partial charge in [0, 0.05) is 12.1 Å². The van der Waals surface area contributed by atoms with Crippen LogP contribution in [0.1, 0.15) is 17.5 Å². The molecule has 1 aromatic carbocycles. The van der Waals surface area contributed by atoms with Crippen LogP contribution < -0.4 is 4.80 Å². The van der Waals surface area contributed by atoms with Crippen LogP contribution in [0.25, 0.3) is 0 Å². The topological polar surface area (TPSA) is 73.3 Å². The maximum Gasteiger partial charge on any atom is 0.444 e. The lowest BCUT2D eigenvalue weighted by molar-refractivity contribution is -0.384. The van der Waals surface area contributed by atoms with Gasteiger partial charge in [-0.25, -0.2) is 9.67 Å². The van der Waals surface area contributed by atoms with Gasteiger partial charge < -0.3 is 0 Å². The van der Waals surface area contributed by atoms with Gasteiger partial charge in [-0.2, -0.15) is 18.3 Å². The number of hydrogen-bond donors (Lipinski definition) is 0. The number of benzene rings is 1. The highest BCUT2D eigenvalue weighted by atomic mass is 32.1. The van der Waals surface area contributed by atoms with Crippen LogP contribution in [0.4, 0.5) is 18.9 Å². The summed E-state index contributed by atoms with van der Waals surface area (Å²) in [6, 6.07) is 5.67. The lowest BCUT2D eigenvalue weighted by Crippen LogP contribution is -2.25. The highest BCUT2D eigenvalue weighted by Gasteiger charge is 2.34. The van der Waals surface area contributed by atoms with E-state index in [-0.39, 0.29) is 17.0 Å². The summed E-state index contributed by atoms with van der Waals surface area (Å²) < 4.78 is 39.0. The third kappa shape index (κ3) is 4.45. The molecule has 0 aliphatic heterocycles. The molecule has 0 spiro atoms. The Bertz CT molecular complexity index is 825. The fraction of sp³-hybridized carbons (Fsp3) is 0.308. The Morgan fingerprint density at radius 2 is 2.04 bits per heavy atom. The first-order valence-corrected chi connectivity index (χ1v) is 7.89. The van der Waals surface area contributed by atoms with Gasteiger partial charge in [-0.05, 0) is 12.0 Å². The van der Waals surface area contributed by atoms with Gasteiger partial charge >= 0.3 is 6.18 Å². The van der Waals surface area contributed by atoms with Gasteiger partial charge in [0.15, 0.2) is 0 Å². The predicted octanol–water partition coefficient (Wildman–Crippen LogP) is 3.25. The van der Waals surface area contributed by atoms with Gasteiger partial charge in [-0.15, -0.1) is 0 Å². The molecule has 1 aromatic heterocycles. The molecular weight excluding hydrogens is 365 g/mol. The molecule has 0 saturated heterocycles. The van der Waals surface area contributed by atoms with Gasteiger partial charge in [0.1, 0.15) is 5.01 Å². The molecule has 0 unspecified atom stereocenters. The first-order valence-electron chi connectivity index (χ1n) is 6.66. The standard InChI is InChI=1S/C13H11F3N4O2S2/c1-2-10-18-19(12(24-10)17-11(23)13(14,15)16)7-8-3-5-9(6-4-8)20(21)22/h3-6H,2,7H2,1H3. The number of non-ortho nitro benzene ring substituents is 1. The number of nitro groups is 1. The Morgan fingerprint density at radius 3 is 2.54 bits per heavy atom. The van der Waals surface area contributed by atoms with Crippen LogP contribution in [0.15, 0.2) is 29.3 Å². The van der Waals surface area contributed by atoms with Gasteiger partial charge in [0.05, 0.1) is 11.5 Å². The van der Waals surface area contributed by atoms with E-state index < -0.39 is 16.1 Å². The minimum Gasteiger partial charge on any atom is -0.258 e. The van der Waals surface area contributed by atoms with Crippen LogP contribution >= 0.6 is 23.6 Å². The SMILES string of the molecule is CCc1nn(Cc2ccc([N+](=O)[O-])cc2)c(=NC(=S)C(F)(F)F)s1. The number of nitrogens with zero attached hydrogens (tertiary/aromatic N) is 4. The molecule has 128 valence electrons. The number of thiocarbonyl (C=S) groups is 1. The molecule has 0 aliphatic rings. The molecule has 0 aliphatic carbocycles. The Labute approximate surface area is 143 Å². The Balaban J connectivity index is 2.36. The molecule has 24 heavy (non-hydrogen) atoms. The van der Waals surface area contributed by atoms with E-state index in [0.717, 1.165) is 11.3 Å². The molecule has 1 heterocycles. The Morgan fingerprint density at radius 1 is 1.42 bits per heavy atom. The largest absolute Gasteiger partial charge is 0.444 e. The molecule has 2 rings (SSSR count). The zero-order valence-electron chi connectivity index (χ0n) is 12.3. The highest BCUT2D eigenvalue weighted by molar-refractivity contribution is 7.80. The second kappa shape index (κ2) is 7.18. The van der Waals surface area contributed by atoms with E-state index in [1.54, 1.807) is 0 Å². The molecule has 0 fully saturated rings. The minimum atomic E-state index is -4.68. The predicted molar refractivity (Wildman–Crippen MR) is 85.9 cm³/mol. The lowest BCUT2D eigenvalue weighted by atomic mass is 10.2. The van der Waals surface area contributed by atoms with Crippen molar-refractivity contribution in [1.82, 2.24) is 9.78 Å². The number of rotatable bonds is 4. The summed E-state index contributed by atoms with van der Waals surface area (Å²) in [5.41, 5.74) is 0.576. The van der Waals surface area contributed by atoms with Gasteiger partial charge in [0.2, 0.25) is 9.79 Å². The van der Waals surface area contributed by atoms with E-state index >= 15 is 0 Å². The third-order valence-corrected chi connectivity index (χ3v) is 4.30. The van der Waals surface area contributed by atoms with Crippen LogP contribution in [-0.4, -0.2) is 25.9 Å². The third-order valence-electron chi connectivity index (χ3n) is 2.88. The monoisotopic (exact) mass is 376 g/mol. The zero-order valence-corrected chi connectivity index (χ0v) is 13.9. The number of aromatic nitrogens is 2. The molecule has 0 atom stereocenters. The number of nitro benzene ring substituents is 1. The molecule has 11 heteroatoms. The first-order chi connectivity index (χ1) is 11.2. The maximum absolute atomic E-state index is 12.6. The lowest BCUT2D eigenvalue weighted by Gasteiger charge is -2.04. The number of alkyl halides is 3. The summed E-state index contributed by atoms with van der Waals surface area (Å²) in [6.07, 6.45) is -4.14. The van der Waals surface area contributed by atoms with Crippen LogP contribution in [0.5, 0.6) is 0 Å². The second-order valence-corrected chi connectivity index (χ2v) is 6.06. The summed E-state index contributed by atoms with van der Waals surface area (Å²) in [4.78, 5) is 12.2. The van der Waals surface area contributed by atoms with Crippen LogP contribution in [0.3, 0.4) is 0 Å². The first kappa shape index (κ1) is 18.2. The van der Waals surface area contributed by atoms with Crippen molar-refractivity contribution >= 4 is 34.2 Å². The normalized spacial score (nSPS) is 12.4. The van der Waals surface area contributed by atoms with E-state index in [4.69, 9.17) is 0 Å². The molecule has 0 N–H and O–H groups in total. The fourth-order valence-electron chi connectivity index (χ4n) is 1.73. The maximum atomic E-state index is 12.6. The van der Waals surface area contributed by atoms with E-state index in [0.29, 0.717) is 17.0 Å². The summed E-state index contributed by atoms with van der Waals surface area (Å²) in [6.45, 7) is 1.95. The van der Waals surface area contributed by atoms with Gasteiger partial charge in [0.25, 0.3) is 5.69 Å². The van der Waals surface area contributed by atoms with Crippen molar-refractivity contribution in [1.29, 1.82) is 0 Å². The summed E-state index contributed by atoms with van der Waals surface area (Å²) in [5.74, 6) is 0. The van der Waals surface area contributed by atoms with Crippen molar-refractivity contribution in [2.45, 2.75) is 26.1 Å². The molecule has 0 amide bonds. The Kier molecular flexibility index (Phi) is 5.44. The summed E-state index contributed by atoms with van der Waals surface area (Å²) in [5, 5.41) is 15.4. The molecule has 6 nitrogen and oxygen atoms in total. The smallest absolute Gasteiger partial charge is 0.258 e. The average molecular weight is 376 g/mol. The van der Waals surface area contributed by atoms with Gasteiger partial charge in [-0.1, -0.05) is 42.6 Å². The quantitative estimate of drug-likeness (QED) is 0.466.